The number of piperidine rings is 1. The summed E-state index contributed by atoms with van der Waals surface area (Å²) in [5.74, 6) is 0.578. The molecule has 162 valence electrons. The Bertz CT molecular complexity index is 1320. The number of hydrogen-bond acceptors (Lipinski definition) is 6. The molecule has 0 aliphatic carbocycles. The van der Waals surface area contributed by atoms with E-state index >= 15 is 0 Å². The number of carbonyl (C=O) groups is 1. The van der Waals surface area contributed by atoms with E-state index in [-0.39, 0.29) is 17.5 Å². The molecule has 1 N–H and O–H groups in total. The zero-order chi connectivity index (χ0) is 22.1. The van der Waals surface area contributed by atoms with Gasteiger partial charge in [-0.15, -0.1) is 0 Å². The molecule has 1 saturated heterocycles. The summed E-state index contributed by atoms with van der Waals surface area (Å²) in [5.41, 5.74) is 3.09. The smallest absolute Gasteiger partial charge is 0.254 e. The minimum absolute atomic E-state index is 0.0759. The molecule has 1 aliphatic rings. The summed E-state index contributed by atoms with van der Waals surface area (Å²) in [6, 6.07) is 12.7. The first-order chi connectivity index (χ1) is 15.6. The molecule has 0 atom stereocenters. The summed E-state index contributed by atoms with van der Waals surface area (Å²) in [5, 5.41) is 4.08. The third kappa shape index (κ3) is 3.75. The third-order valence-electron chi connectivity index (χ3n) is 5.95. The molecular weight excluding hydrogens is 406 g/mol. The van der Waals surface area contributed by atoms with Crippen molar-refractivity contribution in [3.8, 4) is 11.3 Å². The molecule has 0 unspecified atom stereocenters. The second-order valence-electron chi connectivity index (χ2n) is 7.95. The van der Waals surface area contributed by atoms with E-state index in [9.17, 15) is 9.59 Å². The number of anilines is 1. The maximum Gasteiger partial charge on any atom is 0.254 e. The van der Waals surface area contributed by atoms with Crippen LogP contribution < -0.4 is 15.8 Å². The van der Waals surface area contributed by atoms with Crippen LogP contribution in [0.5, 0.6) is 0 Å². The van der Waals surface area contributed by atoms with E-state index in [1.54, 1.807) is 24.1 Å². The Balaban J connectivity index is 1.23. The van der Waals surface area contributed by atoms with E-state index in [1.807, 2.05) is 36.4 Å². The van der Waals surface area contributed by atoms with Crippen LogP contribution in [-0.4, -0.2) is 39.6 Å². The zero-order valence-corrected chi connectivity index (χ0v) is 17.7. The highest BCUT2D eigenvalue weighted by Gasteiger charge is 2.23. The van der Waals surface area contributed by atoms with Crippen LogP contribution in [0.15, 0.2) is 70.3 Å². The van der Waals surface area contributed by atoms with Gasteiger partial charge in [0.15, 0.2) is 0 Å². The average molecular weight is 429 g/mol. The van der Waals surface area contributed by atoms with Gasteiger partial charge in [0, 0.05) is 61.2 Å². The first kappa shape index (κ1) is 20.0. The fourth-order valence-electron chi connectivity index (χ4n) is 4.16. The summed E-state index contributed by atoms with van der Waals surface area (Å²) in [6.45, 7) is 1.46. The van der Waals surface area contributed by atoms with Gasteiger partial charge in [-0.3, -0.25) is 19.1 Å². The van der Waals surface area contributed by atoms with E-state index in [1.165, 1.54) is 12.3 Å². The molecule has 1 aliphatic heterocycles. The van der Waals surface area contributed by atoms with Gasteiger partial charge in [0.2, 0.25) is 5.95 Å². The number of benzene rings is 1. The van der Waals surface area contributed by atoms with Crippen LogP contribution in [0.25, 0.3) is 22.2 Å². The Hall–Kier alpha value is -3.94. The molecule has 0 radical (unpaired) electrons. The van der Waals surface area contributed by atoms with Crippen LogP contribution >= 0.6 is 0 Å². The first-order valence-corrected chi connectivity index (χ1v) is 10.6. The van der Waals surface area contributed by atoms with Gasteiger partial charge in [0.1, 0.15) is 5.58 Å². The molecule has 3 aromatic heterocycles. The lowest BCUT2D eigenvalue weighted by Gasteiger charge is -2.33. The topological polar surface area (TPSA) is 93.3 Å². The van der Waals surface area contributed by atoms with Crippen molar-refractivity contribution in [2.24, 2.45) is 7.05 Å². The molecule has 1 aromatic carbocycles. The number of fused-ring (bicyclic) bond motifs is 1. The molecule has 0 spiro atoms. The number of carbonyl (C=O) groups excluding carboxylic acids is 1. The lowest BCUT2D eigenvalue weighted by Crippen LogP contribution is -2.46. The lowest BCUT2D eigenvalue weighted by atomic mass is 10.0. The van der Waals surface area contributed by atoms with Gasteiger partial charge in [-0.05, 0) is 37.1 Å². The van der Waals surface area contributed by atoms with E-state index in [2.05, 4.69) is 20.2 Å². The van der Waals surface area contributed by atoms with Crippen LogP contribution in [0.3, 0.4) is 0 Å². The molecule has 4 aromatic rings. The van der Waals surface area contributed by atoms with Crippen molar-refractivity contribution in [2.75, 3.05) is 18.0 Å². The molecule has 0 saturated carbocycles. The van der Waals surface area contributed by atoms with Gasteiger partial charge >= 0.3 is 0 Å². The van der Waals surface area contributed by atoms with Gasteiger partial charge in [0.25, 0.3) is 11.5 Å². The standard InChI is InChI=1S/C24H23N5O3/c1-28-21(30)7-12-26-24(28)29-13-8-18(9-14-29)27-23(31)17-4-2-16(3-5-17)22-19-10-15-32-20(19)6-11-25-22/h2-7,10-12,15,18H,8-9,13-14H2,1H3,(H,27,31). The van der Waals surface area contributed by atoms with Crippen LogP contribution in [0.4, 0.5) is 5.95 Å². The number of rotatable bonds is 4. The Labute approximate surface area is 184 Å². The van der Waals surface area contributed by atoms with E-state index in [0.717, 1.165) is 48.2 Å². The van der Waals surface area contributed by atoms with Gasteiger partial charge in [0.05, 0.1) is 12.0 Å². The van der Waals surface area contributed by atoms with Crippen molar-refractivity contribution < 1.29 is 9.21 Å². The van der Waals surface area contributed by atoms with Gasteiger partial charge in [-0.1, -0.05) is 12.1 Å². The maximum absolute atomic E-state index is 12.8. The van der Waals surface area contributed by atoms with Crippen LogP contribution in [0, 0.1) is 0 Å². The largest absolute Gasteiger partial charge is 0.464 e. The van der Waals surface area contributed by atoms with Crippen molar-refractivity contribution in [1.82, 2.24) is 19.9 Å². The quantitative estimate of drug-likeness (QED) is 0.536. The first-order valence-electron chi connectivity index (χ1n) is 10.6. The summed E-state index contributed by atoms with van der Waals surface area (Å²) in [4.78, 5) is 35.5. The van der Waals surface area contributed by atoms with Crippen molar-refractivity contribution in [3.63, 3.8) is 0 Å². The monoisotopic (exact) mass is 429 g/mol. The summed E-state index contributed by atoms with van der Waals surface area (Å²) in [6.07, 6.45) is 6.49. The number of furan rings is 1. The summed E-state index contributed by atoms with van der Waals surface area (Å²) < 4.78 is 7.00. The molecule has 8 heteroatoms. The molecule has 4 heterocycles. The summed E-state index contributed by atoms with van der Waals surface area (Å²) in [7, 11) is 1.73. The highest BCUT2D eigenvalue weighted by molar-refractivity contribution is 5.96. The fourth-order valence-corrected chi connectivity index (χ4v) is 4.16. The van der Waals surface area contributed by atoms with Crippen molar-refractivity contribution >= 4 is 22.8 Å². The minimum atomic E-state index is -0.0882. The van der Waals surface area contributed by atoms with Crippen molar-refractivity contribution in [2.45, 2.75) is 18.9 Å². The van der Waals surface area contributed by atoms with Crippen molar-refractivity contribution in [1.29, 1.82) is 0 Å². The number of hydrogen-bond donors (Lipinski definition) is 1. The number of nitrogens with zero attached hydrogens (tertiary/aromatic N) is 4. The normalized spacial score (nSPS) is 14.6. The van der Waals surface area contributed by atoms with Gasteiger partial charge < -0.3 is 14.6 Å². The highest BCUT2D eigenvalue weighted by atomic mass is 16.3. The Morgan fingerprint density at radius 2 is 1.78 bits per heavy atom. The number of pyridine rings is 1. The molecule has 1 amide bonds. The Morgan fingerprint density at radius 3 is 2.56 bits per heavy atom. The molecule has 32 heavy (non-hydrogen) atoms. The van der Waals surface area contributed by atoms with Crippen LogP contribution in [-0.2, 0) is 7.05 Å². The Morgan fingerprint density at radius 1 is 1.03 bits per heavy atom. The van der Waals surface area contributed by atoms with Crippen LogP contribution in [0.2, 0.25) is 0 Å². The zero-order valence-electron chi connectivity index (χ0n) is 17.7. The van der Waals surface area contributed by atoms with Gasteiger partial charge in [-0.25, -0.2) is 4.98 Å². The number of aromatic nitrogens is 3. The SMILES string of the molecule is Cn1c(N2CCC(NC(=O)c3ccc(-c4nccc5occc45)cc3)CC2)nccc1=O. The predicted octanol–water partition coefficient (Wildman–Crippen LogP) is 2.99. The second-order valence-corrected chi connectivity index (χ2v) is 7.95. The lowest BCUT2D eigenvalue weighted by molar-refractivity contribution is 0.0931. The minimum Gasteiger partial charge on any atom is -0.464 e. The predicted molar refractivity (Wildman–Crippen MR) is 122 cm³/mol. The fraction of sp³-hybridized carbons (Fsp3) is 0.250. The molecular formula is C24H23N5O3. The second kappa shape index (κ2) is 8.30. The molecule has 0 bridgehead atoms. The van der Waals surface area contributed by atoms with E-state index in [4.69, 9.17) is 4.42 Å². The third-order valence-corrected chi connectivity index (χ3v) is 5.95. The van der Waals surface area contributed by atoms with Crippen molar-refractivity contribution in [3.05, 3.63) is 77.0 Å². The van der Waals surface area contributed by atoms with E-state index in [0.29, 0.717) is 11.5 Å². The summed E-state index contributed by atoms with van der Waals surface area (Å²) >= 11 is 0. The highest BCUT2D eigenvalue weighted by Crippen LogP contribution is 2.27. The van der Waals surface area contributed by atoms with Crippen LogP contribution in [0.1, 0.15) is 23.2 Å². The molecule has 5 rings (SSSR count). The number of amides is 1. The molecule has 1 fully saturated rings. The Kier molecular flexibility index (Phi) is 5.18. The van der Waals surface area contributed by atoms with Gasteiger partial charge in [-0.2, -0.15) is 0 Å². The number of nitrogens with one attached hydrogen (secondary N) is 1. The molecule has 8 nitrogen and oxygen atoms in total. The van der Waals surface area contributed by atoms with E-state index < -0.39 is 0 Å². The maximum atomic E-state index is 12.8. The average Bonchev–Trinajstić information content (AvgIpc) is 3.31.